The SMILES string of the molecule is CO[C@H]1CCC2(C=c3ccc(Br)cc3=C2)C(=O)C1. The van der Waals surface area contributed by atoms with Crippen LogP contribution in [-0.4, -0.2) is 19.0 Å². The third-order valence-electron chi connectivity index (χ3n) is 4.02. The Bertz CT molecular complexity index is 620. The largest absolute Gasteiger partial charge is 0.381 e. The molecule has 3 heteroatoms. The van der Waals surface area contributed by atoms with Gasteiger partial charge in [0.25, 0.3) is 0 Å². The van der Waals surface area contributed by atoms with E-state index in [1.165, 1.54) is 5.22 Å². The Morgan fingerprint density at radius 1 is 1.33 bits per heavy atom. The lowest BCUT2D eigenvalue weighted by molar-refractivity contribution is -0.128. The number of carbonyl (C=O) groups excluding carboxylic acids is 1. The lowest BCUT2D eigenvalue weighted by Crippen LogP contribution is -2.36. The van der Waals surface area contributed by atoms with Crippen LogP contribution in [0.4, 0.5) is 0 Å². The Hall–Kier alpha value is -0.930. The minimum absolute atomic E-state index is 0.0976. The van der Waals surface area contributed by atoms with Gasteiger partial charge in [0, 0.05) is 18.0 Å². The fourth-order valence-electron chi connectivity index (χ4n) is 2.94. The van der Waals surface area contributed by atoms with Crippen molar-refractivity contribution in [3.8, 4) is 0 Å². The topological polar surface area (TPSA) is 26.3 Å². The number of Topliss-reactive ketones (excluding diaryl/α,β-unsaturated/α-hetero) is 1. The molecule has 1 unspecified atom stereocenters. The fourth-order valence-corrected chi connectivity index (χ4v) is 3.32. The van der Waals surface area contributed by atoms with Gasteiger partial charge < -0.3 is 4.74 Å². The summed E-state index contributed by atoms with van der Waals surface area (Å²) in [6, 6.07) is 6.17. The van der Waals surface area contributed by atoms with Crippen LogP contribution < -0.4 is 10.4 Å². The molecule has 1 aromatic carbocycles. The number of benzene rings is 1. The number of rotatable bonds is 1. The smallest absolute Gasteiger partial charge is 0.149 e. The van der Waals surface area contributed by atoms with E-state index in [-0.39, 0.29) is 17.3 Å². The molecule has 94 valence electrons. The van der Waals surface area contributed by atoms with Gasteiger partial charge in [0.05, 0.1) is 11.5 Å². The Morgan fingerprint density at radius 3 is 2.83 bits per heavy atom. The Labute approximate surface area is 114 Å². The normalized spacial score (nSPS) is 29.9. The molecule has 2 atom stereocenters. The third-order valence-corrected chi connectivity index (χ3v) is 4.51. The summed E-state index contributed by atoms with van der Waals surface area (Å²) in [5.74, 6) is 0.285. The first-order valence-electron chi connectivity index (χ1n) is 6.20. The second-order valence-corrected chi connectivity index (χ2v) is 6.04. The molecule has 0 heterocycles. The molecule has 2 nitrogen and oxygen atoms in total. The minimum Gasteiger partial charge on any atom is -0.381 e. The average molecular weight is 307 g/mol. The van der Waals surface area contributed by atoms with Gasteiger partial charge in [-0.1, -0.05) is 34.1 Å². The molecular weight excluding hydrogens is 292 g/mol. The van der Waals surface area contributed by atoms with Gasteiger partial charge in [0.1, 0.15) is 5.78 Å². The number of halogens is 1. The molecule has 0 N–H and O–H groups in total. The van der Waals surface area contributed by atoms with Crippen LogP contribution in [0.1, 0.15) is 19.3 Å². The van der Waals surface area contributed by atoms with E-state index < -0.39 is 0 Å². The number of carbonyl (C=O) groups is 1. The summed E-state index contributed by atoms with van der Waals surface area (Å²) in [7, 11) is 1.68. The molecule has 1 fully saturated rings. The predicted octanol–water partition coefficient (Wildman–Crippen LogP) is 1.78. The lowest BCUT2D eigenvalue weighted by Gasteiger charge is -2.32. The van der Waals surface area contributed by atoms with E-state index in [0.29, 0.717) is 6.42 Å². The first kappa shape index (κ1) is 12.1. The highest BCUT2D eigenvalue weighted by Gasteiger charge is 2.40. The van der Waals surface area contributed by atoms with Crippen molar-refractivity contribution < 1.29 is 9.53 Å². The molecule has 0 aromatic heterocycles. The first-order valence-corrected chi connectivity index (χ1v) is 7.00. The third kappa shape index (κ3) is 1.86. The number of ketones is 1. The summed E-state index contributed by atoms with van der Waals surface area (Å²) in [4.78, 5) is 12.4. The maximum atomic E-state index is 12.4. The summed E-state index contributed by atoms with van der Waals surface area (Å²) in [6.45, 7) is 0. The quantitative estimate of drug-likeness (QED) is 0.790. The molecule has 0 saturated heterocycles. The standard InChI is InChI=1S/C15H15BrO2/c1-18-13-4-5-15(14(17)7-13)8-10-2-3-12(16)6-11(10)9-15/h2-3,6,8-9,13H,4-5,7H2,1H3/t13-,15?/m0/s1. The second-order valence-electron chi connectivity index (χ2n) is 5.13. The van der Waals surface area contributed by atoms with Crippen molar-refractivity contribution in [3.05, 3.63) is 33.1 Å². The molecule has 2 aliphatic carbocycles. The van der Waals surface area contributed by atoms with E-state index in [9.17, 15) is 4.79 Å². The molecule has 2 aliphatic rings. The van der Waals surface area contributed by atoms with Crippen LogP contribution >= 0.6 is 15.9 Å². The van der Waals surface area contributed by atoms with Gasteiger partial charge in [-0.2, -0.15) is 0 Å². The lowest BCUT2D eigenvalue weighted by atomic mass is 9.73. The first-order chi connectivity index (χ1) is 8.63. The molecular formula is C15H15BrO2. The highest BCUT2D eigenvalue weighted by Crippen LogP contribution is 2.38. The molecule has 1 aromatic rings. The maximum absolute atomic E-state index is 12.4. The van der Waals surface area contributed by atoms with Crippen molar-refractivity contribution in [1.82, 2.24) is 0 Å². The summed E-state index contributed by atoms with van der Waals surface area (Å²) < 4.78 is 6.36. The van der Waals surface area contributed by atoms with E-state index in [1.54, 1.807) is 7.11 Å². The van der Waals surface area contributed by atoms with Gasteiger partial charge in [-0.05, 0) is 35.4 Å². The zero-order valence-electron chi connectivity index (χ0n) is 10.3. The van der Waals surface area contributed by atoms with Crippen molar-refractivity contribution in [1.29, 1.82) is 0 Å². The van der Waals surface area contributed by atoms with Crippen LogP contribution in [0, 0.1) is 5.41 Å². The van der Waals surface area contributed by atoms with Crippen LogP contribution in [0.25, 0.3) is 12.2 Å². The number of methoxy groups -OCH3 is 1. The van der Waals surface area contributed by atoms with Crippen LogP contribution in [0.3, 0.4) is 0 Å². The van der Waals surface area contributed by atoms with Crippen LogP contribution in [0.15, 0.2) is 22.7 Å². The minimum atomic E-state index is -0.377. The molecule has 3 rings (SSSR count). The highest BCUT2D eigenvalue weighted by molar-refractivity contribution is 9.10. The van der Waals surface area contributed by atoms with Crippen molar-refractivity contribution >= 4 is 33.9 Å². The van der Waals surface area contributed by atoms with Gasteiger partial charge in [0.2, 0.25) is 0 Å². The Kier molecular flexibility index (Phi) is 2.91. The van der Waals surface area contributed by atoms with Crippen molar-refractivity contribution in [2.24, 2.45) is 5.41 Å². The van der Waals surface area contributed by atoms with Gasteiger partial charge in [-0.25, -0.2) is 0 Å². The molecule has 1 saturated carbocycles. The highest BCUT2D eigenvalue weighted by atomic mass is 79.9. The molecule has 0 aliphatic heterocycles. The summed E-state index contributed by atoms with van der Waals surface area (Å²) in [5, 5.41) is 2.33. The average Bonchev–Trinajstić information content (AvgIpc) is 2.71. The van der Waals surface area contributed by atoms with E-state index in [0.717, 1.165) is 22.5 Å². The Morgan fingerprint density at radius 2 is 2.11 bits per heavy atom. The maximum Gasteiger partial charge on any atom is 0.149 e. The van der Waals surface area contributed by atoms with Crippen LogP contribution in [0.2, 0.25) is 0 Å². The molecule has 0 radical (unpaired) electrons. The monoisotopic (exact) mass is 306 g/mol. The number of hydrogen-bond donors (Lipinski definition) is 0. The Balaban J connectivity index is 2.03. The predicted molar refractivity (Wildman–Crippen MR) is 74.4 cm³/mol. The van der Waals surface area contributed by atoms with Gasteiger partial charge >= 0.3 is 0 Å². The van der Waals surface area contributed by atoms with E-state index in [1.807, 2.05) is 6.07 Å². The van der Waals surface area contributed by atoms with Gasteiger partial charge in [0.15, 0.2) is 0 Å². The zero-order chi connectivity index (χ0) is 12.8. The summed E-state index contributed by atoms with van der Waals surface area (Å²) >= 11 is 3.47. The van der Waals surface area contributed by atoms with E-state index in [4.69, 9.17) is 4.74 Å². The van der Waals surface area contributed by atoms with Crippen molar-refractivity contribution in [2.75, 3.05) is 7.11 Å². The van der Waals surface area contributed by atoms with Crippen molar-refractivity contribution in [2.45, 2.75) is 25.4 Å². The van der Waals surface area contributed by atoms with Gasteiger partial charge in [-0.15, -0.1) is 0 Å². The van der Waals surface area contributed by atoms with E-state index in [2.05, 4.69) is 40.2 Å². The second kappa shape index (κ2) is 4.32. The van der Waals surface area contributed by atoms with Gasteiger partial charge in [-0.3, -0.25) is 4.79 Å². The number of fused-ring (bicyclic) bond motifs is 1. The van der Waals surface area contributed by atoms with Crippen LogP contribution in [-0.2, 0) is 9.53 Å². The number of hydrogen-bond acceptors (Lipinski definition) is 2. The zero-order valence-corrected chi connectivity index (χ0v) is 11.9. The molecule has 0 amide bonds. The molecule has 0 bridgehead atoms. The summed E-state index contributed by atoms with van der Waals surface area (Å²) in [6.07, 6.45) is 6.68. The van der Waals surface area contributed by atoms with Crippen molar-refractivity contribution in [3.63, 3.8) is 0 Å². The number of ether oxygens (including phenoxy) is 1. The summed E-state index contributed by atoms with van der Waals surface area (Å²) in [5.41, 5.74) is -0.377. The molecule has 18 heavy (non-hydrogen) atoms. The van der Waals surface area contributed by atoms with E-state index >= 15 is 0 Å². The fraction of sp³-hybridized carbons (Fsp3) is 0.400. The molecule has 1 spiro atoms. The van der Waals surface area contributed by atoms with Crippen LogP contribution in [0.5, 0.6) is 0 Å².